The topological polar surface area (TPSA) is 37.3 Å². The van der Waals surface area contributed by atoms with Crippen molar-refractivity contribution < 1.29 is 14.4 Å². The number of aliphatic hydroxyl groups excluding tert-OH is 1. The Hall–Kier alpha value is -0.930. The lowest BCUT2D eigenvalue weighted by Gasteiger charge is -2.37. The Morgan fingerprint density at radius 3 is 1.10 bits per heavy atom. The number of carbonyl (C=O) groups excluding carboxylic acids is 1. The highest BCUT2D eigenvalue weighted by atomic mass is 16.3. The Labute approximate surface area is 251 Å². The molecule has 0 aromatic heterocycles. The largest absolute Gasteiger partial charge is 0.391 e. The predicted octanol–water partition coefficient (Wildman–Crippen LogP) is 10.9. The van der Waals surface area contributed by atoms with Crippen LogP contribution in [0, 0.1) is 0 Å². The van der Waals surface area contributed by atoms with E-state index in [1.54, 1.807) is 0 Å². The van der Waals surface area contributed by atoms with Crippen LogP contribution >= 0.6 is 0 Å². The van der Waals surface area contributed by atoms with Crippen LogP contribution in [0.4, 0.5) is 0 Å². The van der Waals surface area contributed by atoms with Gasteiger partial charge in [0.1, 0.15) is 13.1 Å². The van der Waals surface area contributed by atoms with E-state index < -0.39 is 0 Å². The summed E-state index contributed by atoms with van der Waals surface area (Å²) in [6.45, 7) is 8.12. The van der Waals surface area contributed by atoms with Crippen LogP contribution in [0.15, 0.2) is 24.3 Å². The molecule has 0 heterocycles. The van der Waals surface area contributed by atoms with Crippen LogP contribution in [0.3, 0.4) is 0 Å². The van der Waals surface area contributed by atoms with Gasteiger partial charge in [0.15, 0.2) is 6.29 Å². The second-order valence-electron chi connectivity index (χ2n) is 12.4. The lowest BCUT2D eigenvalue weighted by atomic mass is 10.1. The molecule has 3 nitrogen and oxygen atoms in total. The number of aliphatic hydroxyl groups is 1. The standard InChI is InChI=1S/C37H72NO2/c1-3-5-7-9-11-13-15-17-19-21-23-25-27-29-31-33-38(34-36-39,35-37-40)32-30-28-26-24-22-20-18-16-14-12-10-8-6-4-2/h13-16,36,40H,3-12,17-35,37H2,1-2H3/q+1. The molecule has 0 aliphatic carbocycles. The Kier molecular flexibility index (Phi) is 31.8. The first-order chi connectivity index (χ1) is 19.7. The molecule has 236 valence electrons. The second-order valence-corrected chi connectivity index (χ2v) is 12.4. The third-order valence-corrected chi connectivity index (χ3v) is 8.57. The van der Waals surface area contributed by atoms with Crippen molar-refractivity contribution in [2.45, 2.75) is 174 Å². The molecule has 0 rings (SSSR count). The number of hydrogen-bond acceptors (Lipinski definition) is 2. The first kappa shape index (κ1) is 39.1. The van der Waals surface area contributed by atoms with Crippen molar-refractivity contribution in [3.63, 3.8) is 0 Å². The van der Waals surface area contributed by atoms with Crippen LogP contribution in [-0.4, -0.2) is 48.7 Å². The van der Waals surface area contributed by atoms with E-state index in [2.05, 4.69) is 38.2 Å². The smallest absolute Gasteiger partial charge is 0.174 e. The molecular formula is C37H72NO2+. The van der Waals surface area contributed by atoms with E-state index in [0.717, 1.165) is 30.4 Å². The molecule has 0 bridgehead atoms. The Morgan fingerprint density at radius 2 is 0.775 bits per heavy atom. The van der Waals surface area contributed by atoms with Gasteiger partial charge in [-0.3, -0.25) is 4.79 Å². The van der Waals surface area contributed by atoms with E-state index in [1.807, 2.05) is 0 Å². The van der Waals surface area contributed by atoms with Gasteiger partial charge in [0.25, 0.3) is 0 Å². The van der Waals surface area contributed by atoms with Gasteiger partial charge in [0.2, 0.25) is 0 Å². The molecule has 0 saturated heterocycles. The fraction of sp³-hybridized carbons (Fsp3) is 0.865. The van der Waals surface area contributed by atoms with Gasteiger partial charge >= 0.3 is 0 Å². The monoisotopic (exact) mass is 563 g/mol. The zero-order valence-electron chi connectivity index (χ0n) is 27.4. The minimum atomic E-state index is 0.188. The molecule has 0 spiro atoms. The van der Waals surface area contributed by atoms with Crippen LogP contribution in [0.5, 0.6) is 0 Å². The summed E-state index contributed by atoms with van der Waals surface area (Å²) in [6.07, 6.45) is 43.4. The lowest BCUT2D eigenvalue weighted by Crippen LogP contribution is -2.52. The van der Waals surface area contributed by atoms with Crippen LogP contribution in [0.2, 0.25) is 0 Å². The van der Waals surface area contributed by atoms with Crippen LogP contribution < -0.4 is 0 Å². The van der Waals surface area contributed by atoms with E-state index in [4.69, 9.17) is 0 Å². The zero-order valence-corrected chi connectivity index (χ0v) is 27.4. The molecule has 0 aromatic carbocycles. The maximum atomic E-state index is 11.5. The second kappa shape index (κ2) is 32.6. The van der Waals surface area contributed by atoms with E-state index in [0.29, 0.717) is 6.54 Å². The molecule has 40 heavy (non-hydrogen) atoms. The number of nitrogens with zero attached hydrogens (tertiary/aromatic N) is 1. The van der Waals surface area contributed by atoms with Crippen molar-refractivity contribution in [3.8, 4) is 0 Å². The van der Waals surface area contributed by atoms with Gasteiger partial charge in [-0.15, -0.1) is 0 Å². The number of hydrogen-bond donors (Lipinski definition) is 1. The quantitative estimate of drug-likeness (QED) is 0.0374. The van der Waals surface area contributed by atoms with Crippen LogP contribution in [0.25, 0.3) is 0 Å². The minimum absolute atomic E-state index is 0.188. The number of allylic oxidation sites excluding steroid dienone is 4. The summed E-state index contributed by atoms with van der Waals surface area (Å²) in [5, 5.41) is 9.73. The first-order valence-electron chi connectivity index (χ1n) is 17.9. The number of unbranched alkanes of at least 4 members (excludes halogenated alkanes) is 21. The number of rotatable bonds is 33. The summed E-state index contributed by atoms with van der Waals surface area (Å²) in [7, 11) is 0. The molecular weight excluding hydrogens is 490 g/mol. The SMILES string of the molecule is CCCCCCC=CCCCCCCCCC[N+](CC=O)(CCO)CCCCCCCCC=CCCCCCC. The van der Waals surface area contributed by atoms with Gasteiger partial charge in [-0.1, -0.05) is 122 Å². The third kappa shape index (κ3) is 27.3. The van der Waals surface area contributed by atoms with Crippen molar-refractivity contribution in [2.24, 2.45) is 0 Å². The predicted molar refractivity (Wildman–Crippen MR) is 178 cm³/mol. The summed E-state index contributed by atoms with van der Waals surface area (Å²) in [6, 6.07) is 0. The Balaban J connectivity index is 3.86. The van der Waals surface area contributed by atoms with Crippen molar-refractivity contribution >= 4 is 6.29 Å². The molecule has 0 radical (unpaired) electrons. The summed E-state index contributed by atoms with van der Waals surface area (Å²) < 4.78 is 0.799. The maximum Gasteiger partial charge on any atom is 0.174 e. The summed E-state index contributed by atoms with van der Waals surface area (Å²) in [5.74, 6) is 0. The average molecular weight is 563 g/mol. The van der Waals surface area contributed by atoms with Gasteiger partial charge < -0.3 is 9.59 Å². The van der Waals surface area contributed by atoms with Gasteiger partial charge in [-0.05, 0) is 77.0 Å². The van der Waals surface area contributed by atoms with Gasteiger partial charge in [-0.2, -0.15) is 0 Å². The molecule has 0 aliphatic rings. The van der Waals surface area contributed by atoms with Crippen molar-refractivity contribution in [3.05, 3.63) is 24.3 Å². The summed E-state index contributed by atoms with van der Waals surface area (Å²) in [4.78, 5) is 11.5. The summed E-state index contributed by atoms with van der Waals surface area (Å²) in [5.41, 5.74) is 0. The molecule has 0 saturated carbocycles. The molecule has 1 N–H and O–H groups in total. The fourth-order valence-electron chi connectivity index (χ4n) is 5.84. The van der Waals surface area contributed by atoms with Gasteiger partial charge in [0, 0.05) is 0 Å². The number of carbonyl (C=O) groups is 1. The lowest BCUT2D eigenvalue weighted by molar-refractivity contribution is -0.920. The van der Waals surface area contributed by atoms with E-state index in [9.17, 15) is 9.90 Å². The highest BCUT2D eigenvalue weighted by Gasteiger charge is 2.25. The third-order valence-electron chi connectivity index (χ3n) is 8.57. The van der Waals surface area contributed by atoms with E-state index in [1.165, 1.54) is 161 Å². The normalized spacial score (nSPS) is 13.5. The highest BCUT2D eigenvalue weighted by Crippen LogP contribution is 2.16. The van der Waals surface area contributed by atoms with Crippen molar-refractivity contribution in [1.29, 1.82) is 0 Å². The number of aldehydes is 1. The molecule has 0 aliphatic heterocycles. The van der Waals surface area contributed by atoms with Crippen LogP contribution in [0.1, 0.15) is 174 Å². The molecule has 0 aromatic rings. The Morgan fingerprint density at radius 1 is 0.450 bits per heavy atom. The molecule has 0 amide bonds. The van der Waals surface area contributed by atoms with Crippen LogP contribution in [-0.2, 0) is 4.79 Å². The molecule has 1 atom stereocenters. The average Bonchev–Trinajstić information content (AvgIpc) is 2.95. The first-order valence-corrected chi connectivity index (χ1v) is 17.9. The maximum absolute atomic E-state index is 11.5. The van der Waals surface area contributed by atoms with Crippen molar-refractivity contribution in [2.75, 3.05) is 32.8 Å². The molecule has 0 fully saturated rings. The minimum Gasteiger partial charge on any atom is -0.391 e. The summed E-state index contributed by atoms with van der Waals surface area (Å²) >= 11 is 0. The Bertz CT molecular complexity index is 558. The van der Waals surface area contributed by atoms with E-state index >= 15 is 0 Å². The highest BCUT2D eigenvalue weighted by molar-refractivity contribution is 5.50. The zero-order chi connectivity index (χ0) is 29.2. The van der Waals surface area contributed by atoms with E-state index in [-0.39, 0.29) is 6.61 Å². The van der Waals surface area contributed by atoms with Gasteiger partial charge in [0.05, 0.1) is 19.7 Å². The van der Waals surface area contributed by atoms with Gasteiger partial charge in [-0.25, -0.2) is 0 Å². The molecule has 3 heteroatoms. The fourth-order valence-corrected chi connectivity index (χ4v) is 5.84. The number of quaternary nitrogens is 1. The van der Waals surface area contributed by atoms with Crippen molar-refractivity contribution in [1.82, 2.24) is 0 Å². The molecule has 1 unspecified atom stereocenters.